The molecule has 2 aromatic rings. The first-order valence-electron chi connectivity index (χ1n) is 8.99. The van der Waals surface area contributed by atoms with Gasteiger partial charge in [0, 0.05) is 0 Å². The monoisotopic (exact) mass is 404 g/mol. The number of fused-ring (bicyclic) bond motifs is 1. The predicted octanol–water partition coefficient (Wildman–Crippen LogP) is 3.34. The average molecular weight is 403 g/mol. The van der Waals surface area contributed by atoms with Crippen molar-refractivity contribution in [2.24, 2.45) is 0 Å². The summed E-state index contributed by atoms with van der Waals surface area (Å²) in [6.45, 7) is 0.811. The Hall–Kier alpha value is -1.32. The molecule has 1 N–H and O–H groups in total. The van der Waals surface area contributed by atoms with E-state index in [1.165, 1.54) is 15.6 Å². The molecular weight excluding hydrogens is 379 g/mol. The third-order valence-corrected chi connectivity index (χ3v) is 8.19. The van der Waals surface area contributed by atoms with Gasteiger partial charge < -0.3 is 0 Å². The van der Waals surface area contributed by atoms with Crippen molar-refractivity contribution in [3.8, 4) is 5.75 Å². The van der Waals surface area contributed by atoms with E-state index in [0.29, 0.717) is 4.82 Å². The van der Waals surface area contributed by atoms with Crippen molar-refractivity contribution >= 4 is 19.4 Å². The minimum absolute atomic E-state index is 0.155. The van der Waals surface area contributed by atoms with Gasteiger partial charge in [0.15, 0.2) is 0 Å². The number of benzene rings is 2. The molecule has 4 heteroatoms. The van der Waals surface area contributed by atoms with Crippen LogP contribution in [-0.4, -0.2) is 33.8 Å². The maximum absolute atomic E-state index is 10.6. The Bertz CT molecular complexity index is 731. The van der Waals surface area contributed by atoms with Gasteiger partial charge in [-0.15, -0.1) is 0 Å². The first kappa shape index (κ1) is 17.1. The topological polar surface area (TPSA) is 38.7 Å². The van der Waals surface area contributed by atoms with Crippen molar-refractivity contribution < 1.29 is 14.6 Å². The molecule has 0 amide bonds. The summed E-state index contributed by atoms with van der Waals surface area (Å²) >= 11 is 0.200. The molecule has 1 heterocycles. The number of ether oxygens (including phenoxy) is 2. The Labute approximate surface area is 155 Å². The van der Waals surface area contributed by atoms with E-state index in [0.717, 1.165) is 43.6 Å². The second-order valence-corrected chi connectivity index (χ2v) is 9.35. The summed E-state index contributed by atoms with van der Waals surface area (Å²) in [6.07, 6.45) is 3.85. The van der Waals surface area contributed by atoms with E-state index in [1.807, 2.05) is 6.07 Å². The number of hydrogen-bond donors (Lipinski definition) is 1. The molecule has 1 fully saturated rings. The first-order valence-corrected chi connectivity index (χ1v) is 10.8. The quantitative estimate of drug-likeness (QED) is 0.796. The normalized spacial score (nSPS) is 25.6. The first-order chi connectivity index (χ1) is 12.3. The summed E-state index contributed by atoms with van der Waals surface area (Å²) in [5.41, 5.74) is 3.70. The molecule has 2 aliphatic rings. The van der Waals surface area contributed by atoms with Gasteiger partial charge in [-0.2, -0.15) is 0 Å². The van der Waals surface area contributed by atoms with Crippen molar-refractivity contribution in [3.05, 3.63) is 59.2 Å². The zero-order valence-electron chi connectivity index (χ0n) is 14.5. The van der Waals surface area contributed by atoms with Crippen LogP contribution in [0.5, 0.6) is 5.75 Å². The van der Waals surface area contributed by atoms with Gasteiger partial charge in [-0.05, 0) is 0 Å². The predicted molar refractivity (Wildman–Crippen MR) is 99.8 cm³/mol. The minimum atomic E-state index is -0.353. The van der Waals surface area contributed by atoms with Gasteiger partial charge in [0.25, 0.3) is 0 Å². The maximum atomic E-state index is 10.6. The number of aliphatic hydroxyl groups excluding tert-OH is 1. The Morgan fingerprint density at radius 2 is 1.96 bits per heavy atom. The number of aryl methyl sites for hydroxylation is 1. The fraction of sp³-hybridized carbons (Fsp3) is 0.429. The van der Waals surface area contributed by atoms with Gasteiger partial charge in [0.05, 0.1) is 0 Å². The summed E-state index contributed by atoms with van der Waals surface area (Å²) in [5, 5.41) is 10.6. The SMILES string of the molecule is COc1ccc2c(c1[Se][C@H]1CCO[C@H]1c1ccccc1)[C@@H](O)CCC2. The van der Waals surface area contributed by atoms with Crippen LogP contribution in [0.3, 0.4) is 0 Å². The van der Waals surface area contributed by atoms with Crippen LogP contribution in [-0.2, 0) is 11.2 Å². The van der Waals surface area contributed by atoms with Gasteiger partial charge in [-0.25, -0.2) is 0 Å². The van der Waals surface area contributed by atoms with Crippen LogP contribution in [0, 0.1) is 0 Å². The fourth-order valence-electron chi connectivity index (χ4n) is 3.91. The second-order valence-electron chi connectivity index (χ2n) is 6.72. The molecule has 0 spiro atoms. The molecule has 1 saturated heterocycles. The van der Waals surface area contributed by atoms with Crippen LogP contribution >= 0.6 is 0 Å². The van der Waals surface area contributed by atoms with Gasteiger partial charge in [0.2, 0.25) is 0 Å². The van der Waals surface area contributed by atoms with Crippen molar-refractivity contribution in [3.63, 3.8) is 0 Å². The molecule has 0 saturated carbocycles. The Balaban J connectivity index is 1.68. The van der Waals surface area contributed by atoms with Gasteiger partial charge >= 0.3 is 155 Å². The van der Waals surface area contributed by atoms with Crippen molar-refractivity contribution in [1.29, 1.82) is 0 Å². The van der Waals surface area contributed by atoms with E-state index in [2.05, 4.69) is 36.4 Å². The Kier molecular flexibility index (Phi) is 5.14. The third-order valence-electron chi connectivity index (χ3n) is 5.16. The van der Waals surface area contributed by atoms with Crippen LogP contribution in [0.4, 0.5) is 0 Å². The van der Waals surface area contributed by atoms with Gasteiger partial charge in [-0.1, -0.05) is 0 Å². The van der Waals surface area contributed by atoms with E-state index < -0.39 is 0 Å². The fourth-order valence-corrected chi connectivity index (χ4v) is 7.14. The molecule has 1 aliphatic carbocycles. The van der Waals surface area contributed by atoms with Crippen molar-refractivity contribution in [2.45, 2.75) is 42.7 Å². The zero-order chi connectivity index (χ0) is 17.2. The third kappa shape index (κ3) is 3.37. The molecule has 3 atom stereocenters. The summed E-state index contributed by atoms with van der Waals surface area (Å²) in [6, 6.07) is 14.7. The molecule has 0 unspecified atom stereocenters. The summed E-state index contributed by atoms with van der Waals surface area (Å²) < 4.78 is 13.0. The summed E-state index contributed by atoms with van der Waals surface area (Å²) in [5.74, 6) is 0.929. The van der Waals surface area contributed by atoms with Crippen LogP contribution in [0.2, 0.25) is 4.82 Å². The van der Waals surface area contributed by atoms with Crippen LogP contribution in [0.1, 0.15) is 48.2 Å². The van der Waals surface area contributed by atoms with Gasteiger partial charge in [-0.3, -0.25) is 0 Å². The standard InChI is InChI=1S/C21H24O3Se/c1-23-17-11-10-14-8-5-9-16(22)19(14)21(17)25-18-12-13-24-20(18)15-6-3-2-4-7-15/h2-4,6-7,10-11,16,18,20,22H,5,8-9,12-13H2,1H3/t16-,18-,20-/m0/s1. The van der Waals surface area contributed by atoms with Gasteiger partial charge in [0.1, 0.15) is 0 Å². The molecule has 25 heavy (non-hydrogen) atoms. The number of aliphatic hydroxyl groups is 1. The van der Waals surface area contributed by atoms with E-state index in [-0.39, 0.29) is 27.2 Å². The average Bonchev–Trinajstić information content (AvgIpc) is 3.11. The van der Waals surface area contributed by atoms with E-state index in [9.17, 15) is 5.11 Å². The summed E-state index contributed by atoms with van der Waals surface area (Å²) in [7, 11) is 1.73. The Morgan fingerprint density at radius 3 is 2.76 bits per heavy atom. The molecule has 0 bridgehead atoms. The second kappa shape index (κ2) is 7.51. The molecule has 4 rings (SSSR count). The molecule has 3 nitrogen and oxygen atoms in total. The molecule has 2 aromatic carbocycles. The van der Waals surface area contributed by atoms with Crippen LogP contribution < -0.4 is 9.20 Å². The molecular formula is C21H24O3Se. The zero-order valence-corrected chi connectivity index (χ0v) is 16.2. The summed E-state index contributed by atoms with van der Waals surface area (Å²) in [4.78, 5) is 0.476. The van der Waals surface area contributed by atoms with E-state index >= 15 is 0 Å². The van der Waals surface area contributed by atoms with Crippen LogP contribution in [0.25, 0.3) is 0 Å². The number of rotatable bonds is 4. The molecule has 132 valence electrons. The number of hydrogen-bond acceptors (Lipinski definition) is 3. The van der Waals surface area contributed by atoms with Crippen molar-refractivity contribution in [2.75, 3.05) is 13.7 Å². The van der Waals surface area contributed by atoms with E-state index in [4.69, 9.17) is 9.47 Å². The van der Waals surface area contributed by atoms with Crippen molar-refractivity contribution in [1.82, 2.24) is 0 Å². The van der Waals surface area contributed by atoms with E-state index in [1.54, 1.807) is 7.11 Å². The molecule has 0 radical (unpaired) electrons. The van der Waals surface area contributed by atoms with Crippen LogP contribution in [0.15, 0.2) is 42.5 Å². The molecule has 0 aromatic heterocycles. The Morgan fingerprint density at radius 1 is 1.12 bits per heavy atom. The molecule has 1 aliphatic heterocycles. The number of methoxy groups -OCH3 is 1.